The number of rotatable bonds is 2. The van der Waals surface area contributed by atoms with Crippen LogP contribution in [0.2, 0.25) is 5.02 Å². The lowest BCUT2D eigenvalue weighted by Crippen LogP contribution is -1.92. The summed E-state index contributed by atoms with van der Waals surface area (Å²) in [6.07, 6.45) is 0.504. The summed E-state index contributed by atoms with van der Waals surface area (Å²) in [5.74, 6) is -0.294. The smallest absolute Gasteiger partial charge is 0.180 e. The molecule has 0 amide bonds. The Kier molecular flexibility index (Phi) is 2.88. The lowest BCUT2D eigenvalue weighted by molar-refractivity contribution is 0.626. The Morgan fingerprint density at radius 1 is 1.47 bits per heavy atom. The third kappa shape index (κ3) is 2.46. The number of hydrogen-bond acceptors (Lipinski definition) is 3. The van der Waals surface area contributed by atoms with E-state index in [4.69, 9.17) is 17.3 Å². The monoisotopic (exact) mass is 242 g/mol. The van der Waals surface area contributed by atoms with Crippen LogP contribution in [0.1, 0.15) is 11.3 Å². The lowest BCUT2D eigenvalue weighted by atomic mass is 10.1. The van der Waals surface area contributed by atoms with Crippen molar-refractivity contribution in [3.8, 4) is 0 Å². The average molecular weight is 243 g/mol. The Balaban J connectivity index is 2.27. The van der Waals surface area contributed by atoms with Gasteiger partial charge >= 0.3 is 0 Å². The van der Waals surface area contributed by atoms with Gasteiger partial charge in [-0.25, -0.2) is 9.37 Å². The second-order valence-electron chi connectivity index (χ2n) is 3.09. The molecule has 0 aliphatic rings. The van der Waals surface area contributed by atoms with Gasteiger partial charge in [0.15, 0.2) is 5.13 Å². The van der Waals surface area contributed by atoms with Gasteiger partial charge in [0.25, 0.3) is 0 Å². The van der Waals surface area contributed by atoms with Crippen LogP contribution >= 0.6 is 22.9 Å². The van der Waals surface area contributed by atoms with Crippen molar-refractivity contribution in [3.63, 3.8) is 0 Å². The Morgan fingerprint density at radius 3 is 2.93 bits per heavy atom. The summed E-state index contributed by atoms with van der Waals surface area (Å²) in [6, 6.07) is 4.29. The maximum atomic E-state index is 13.0. The fourth-order valence-corrected chi connectivity index (χ4v) is 2.02. The number of anilines is 1. The molecular formula is C10H8ClFN2S. The van der Waals surface area contributed by atoms with Gasteiger partial charge in [-0.05, 0) is 23.8 Å². The molecule has 78 valence electrons. The van der Waals surface area contributed by atoms with Crippen LogP contribution in [0.15, 0.2) is 23.6 Å². The molecule has 2 rings (SSSR count). The third-order valence-electron chi connectivity index (χ3n) is 1.95. The van der Waals surface area contributed by atoms with E-state index < -0.39 is 0 Å². The highest BCUT2D eigenvalue weighted by atomic mass is 35.5. The van der Waals surface area contributed by atoms with E-state index in [0.717, 1.165) is 11.3 Å². The molecule has 0 bridgehead atoms. The van der Waals surface area contributed by atoms with Crippen molar-refractivity contribution in [1.82, 2.24) is 4.98 Å². The molecule has 5 heteroatoms. The number of thiazole rings is 1. The predicted molar refractivity (Wildman–Crippen MR) is 60.7 cm³/mol. The van der Waals surface area contributed by atoms with Gasteiger partial charge < -0.3 is 5.73 Å². The predicted octanol–water partition coefficient (Wildman–Crippen LogP) is 3.11. The molecule has 1 heterocycles. The van der Waals surface area contributed by atoms with Gasteiger partial charge in [0, 0.05) is 16.8 Å². The molecule has 0 atom stereocenters. The van der Waals surface area contributed by atoms with Crippen molar-refractivity contribution < 1.29 is 4.39 Å². The molecule has 0 spiro atoms. The number of halogens is 2. The van der Waals surface area contributed by atoms with E-state index in [1.54, 1.807) is 6.07 Å². The Bertz CT molecular complexity index is 484. The topological polar surface area (TPSA) is 38.9 Å². The fourth-order valence-electron chi connectivity index (χ4n) is 1.28. The van der Waals surface area contributed by atoms with Crippen molar-refractivity contribution in [2.75, 3.05) is 5.73 Å². The molecule has 0 aliphatic carbocycles. The molecule has 2 nitrogen and oxygen atoms in total. The summed E-state index contributed by atoms with van der Waals surface area (Å²) in [7, 11) is 0. The maximum absolute atomic E-state index is 13.0. The van der Waals surface area contributed by atoms with Crippen LogP contribution in [0.4, 0.5) is 9.52 Å². The Hall–Kier alpha value is -1.13. The first-order valence-corrected chi connectivity index (χ1v) is 5.55. The second kappa shape index (κ2) is 4.16. The zero-order valence-electron chi connectivity index (χ0n) is 7.71. The first-order chi connectivity index (χ1) is 7.15. The third-order valence-corrected chi connectivity index (χ3v) is 3.04. The molecule has 0 aliphatic heterocycles. The van der Waals surface area contributed by atoms with Gasteiger partial charge in [0.05, 0.1) is 5.69 Å². The summed E-state index contributed by atoms with van der Waals surface area (Å²) in [6.45, 7) is 0. The van der Waals surface area contributed by atoms with Crippen LogP contribution in [0, 0.1) is 5.82 Å². The van der Waals surface area contributed by atoms with Crippen LogP contribution in [-0.2, 0) is 6.42 Å². The first kappa shape index (κ1) is 10.4. The second-order valence-corrected chi connectivity index (χ2v) is 4.39. The molecule has 0 fully saturated rings. The molecule has 0 saturated heterocycles. The van der Waals surface area contributed by atoms with Crippen molar-refractivity contribution in [3.05, 3.63) is 45.7 Å². The van der Waals surface area contributed by atoms with E-state index in [9.17, 15) is 4.39 Å². The minimum atomic E-state index is -0.294. The molecule has 1 aromatic carbocycles. The van der Waals surface area contributed by atoms with Crippen molar-refractivity contribution in [2.45, 2.75) is 6.42 Å². The Morgan fingerprint density at radius 2 is 2.27 bits per heavy atom. The van der Waals surface area contributed by atoms with Gasteiger partial charge in [0.1, 0.15) is 5.82 Å². The summed E-state index contributed by atoms with van der Waals surface area (Å²) in [5.41, 5.74) is 7.03. The lowest BCUT2D eigenvalue weighted by Gasteiger charge is -2.01. The average Bonchev–Trinajstić information content (AvgIpc) is 2.58. The van der Waals surface area contributed by atoms with E-state index in [2.05, 4.69) is 4.98 Å². The van der Waals surface area contributed by atoms with Crippen molar-refractivity contribution in [1.29, 1.82) is 0 Å². The standard InChI is InChI=1S/C10H8ClFN2S/c11-9-2-1-7(12)3-6(9)4-8-5-15-10(13)14-8/h1-3,5H,4H2,(H2,13,14). The van der Waals surface area contributed by atoms with Crippen LogP contribution in [0.3, 0.4) is 0 Å². The normalized spacial score (nSPS) is 10.5. The molecule has 0 radical (unpaired) electrons. The first-order valence-electron chi connectivity index (χ1n) is 4.29. The van der Waals surface area contributed by atoms with Crippen molar-refractivity contribution in [2.24, 2.45) is 0 Å². The van der Waals surface area contributed by atoms with Crippen LogP contribution in [-0.4, -0.2) is 4.98 Å². The minimum Gasteiger partial charge on any atom is -0.375 e. The molecule has 2 N–H and O–H groups in total. The number of benzene rings is 1. The van der Waals surface area contributed by atoms with Crippen molar-refractivity contribution >= 4 is 28.1 Å². The van der Waals surface area contributed by atoms with E-state index in [-0.39, 0.29) is 5.82 Å². The highest BCUT2D eigenvalue weighted by molar-refractivity contribution is 7.13. The molecule has 15 heavy (non-hydrogen) atoms. The molecule has 0 saturated carbocycles. The van der Waals surface area contributed by atoms with E-state index in [1.165, 1.54) is 23.5 Å². The summed E-state index contributed by atoms with van der Waals surface area (Å²) in [5, 5.41) is 2.90. The zero-order valence-corrected chi connectivity index (χ0v) is 9.28. The number of nitrogen functional groups attached to an aromatic ring is 1. The van der Waals surface area contributed by atoms with Gasteiger partial charge in [-0.3, -0.25) is 0 Å². The highest BCUT2D eigenvalue weighted by Crippen LogP contribution is 2.21. The van der Waals surface area contributed by atoms with Gasteiger partial charge in [-0.2, -0.15) is 0 Å². The number of hydrogen-bond donors (Lipinski definition) is 1. The number of nitrogens with zero attached hydrogens (tertiary/aromatic N) is 1. The van der Waals surface area contributed by atoms with E-state index in [1.807, 2.05) is 5.38 Å². The quantitative estimate of drug-likeness (QED) is 0.879. The van der Waals surface area contributed by atoms with E-state index >= 15 is 0 Å². The van der Waals surface area contributed by atoms with Gasteiger partial charge in [0.2, 0.25) is 0 Å². The van der Waals surface area contributed by atoms with Gasteiger partial charge in [-0.1, -0.05) is 11.6 Å². The summed E-state index contributed by atoms with van der Waals surface area (Å²) < 4.78 is 13.0. The SMILES string of the molecule is Nc1nc(Cc2cc(F)ccc2Cl)cs1. The molecule has 2 aromatic rings. The van der Waals surface area contributed by atoms with Crippen LogP contribution in [0.25, 0.3) is 0 Å². The molecule has 0 unspecified atom stereocenters. The maximum Gasteiger partial charge on any atom is 0.180 e. The van der Waals surface area contributed by atoms with Crippen LogP contribution < -0.4 is 5.73 Å². The fraction of sp³-hybridized carbons (Fsp3) is 0.100. The minimum absolute atomic E-state index is 0.294. The largest absolute Gasteiger partial charge is 0.375 e. The highest BCUT2D eigenvalue weighted by Gasteiger charge is 2.05. The zero-order chi connectivity index (χ0) is 10.8. The number of nitrogens with two attached hydrogens (primary N) is 1. The molecule has 1 aromatic heterocycles. The summed E-state index contributed by atoms with van der Waals surface area (Å²) >= 11 is 7.29. The van der Waals surface area contributed by atoms with Gasteiger partial charge in [-0.15, -0.1) is 11.3 Å². The Labute approximate surface area is 95.5 Å². The van der Waals surface area contributed by atoms with Crippen LogP contribution in [0.5, 0.6) is 0 Å². The molecular weight excluding hydrogens is 235 g/mol. The summed E-state index contributed by atoms with van der Waals surface area (Å²) in [4.78, 5) is 4.09. The number of aromatic nitrogens is 1. The van der Waals surface area contributed by atoms with E-state index in [0.29, 0.717) is 16.6 Å².